The number of nitrogens with one attached hydrogen (secondary N) is 6. The van der Waals surface area contributed by atoms with Gasteiger partial charge in [-0.3, -0.25) is 24.2 Å². The highest BCUT2D eigenvalue weighted by Gasteiger charge is 2.37. The van der Waals surface area contributed by atoms with Gasteiger partial charge in [0.25, 0.3) is 17.7 Å². The van der Waals surface area contributed by atoms with Crippen LogP contribution < -0.4 is 55.9 Å². The number of hydrogen-bond acceptors (Lipinski definition) is 16. The first-order chi connectivity index (χ1) is 43.8. The van der Waals surface area contributed by atoms with E-state index in [2.05, 4.69) is 98.9 Å². The van der Waals surface area contributed by atoms with E-state index in [9.17, 15) is 14.4 Å². The van der Waals surface area contributed by atoms with Crippen LogP contribution in [0.1, 0.15) is 98.3 Å². The number of fused-ring (bicyclic) bond motifs is 6. The zero-order valence-electron chi connectivity index (χ0n) is 50.3. The molecule has 14 rings (SSSR count). The van der Waals surface area contributed by atoms with Crippen molar-refractivity contribution in [3.63, 3.8) is 0 Å². The molecule has 6 aliphatic heterocycles. The molecule has 1 aliphatic carbocycles. The van der Waals surface area contributed by atoms with Crippen LogP contribution in [0.3, 0.4) is 0 Å². The molecule has 6 heterocycles. The Hall–Kier alpha value is -9.14. The quantitative estimate of drug-likeness (QED) is 0.0564. The fourth-order valence-corrected chi connectivity index (χ4v) is 13.4. The summed E-state index contributed by atoms with van der Waals surface area (Å²) in [6.45, 7) is 12.7. The van der Waals surface area contributed by atoms with E-state index >= 15 is 0 Å². The molecule has 2 atom stereocenters. The molecule has 0 aromatic heterocycles. The monoisotopic (exact) mass is 1200 g/mol. The maximum atomic E-state index is 13.9. The molecule has 7 aromatic rings. The fraction of sp³-hybridized carbons (Fsp3) is 0.343. The van der Waals surface area contributed by atoms with E-state index in [-0.39, 0.29) is 36.1 Å². The van der Waals surface area contributed by atoms with Gasteiger partial charge in [-0.05, 0) is 104 Å². The van der Waals surface area contributed by atoms with Gasteiger partial charge in [-0.2, -0.15) is 0 Å². The maximum absolute atomic E-state index is 13.9. The molecule has 0 bridgehead atoms. The predicted molar refractivity (Wildman–Crippen MR) is 346 cm³/mol. The van der Waals surface area contributed by atoms with Crippen LogP contribution in [-0.2, 0) is 11.3 Å². The number of rotatable bonds is 14. The second-order valence-electron chi connectivity index (χ2n) is 23.7. The van der Waals surface area contributed by atoms with Crippen molar-refractivity contribution in [2.75, 3.05) is 119 Å². The summed E-state index contributed by atoms with van der Waals surface area (Å²) in [7, 11) is 0. The topological polar surface area (TPSA) is 189 Å². The third-order valence-corrected chi connectivity index (χ3v) is 18.1. The molecule has 2 unspecified atom stereocenters. The first-order valence-electron chi connectivity index (χ1n) is 31.6. The van der Waals surface area contributed by atoms with Crippen LogP contribution in [0.15, 0.2) is 151 Å². The second-order valence-corrected chi connectivity index (χ2v) is 23.7. The van der Waals surface area contributed by atoms with Crippen LogP contribution in [0.2, 0.25) is 0 Å². The van der Waals surface area contributed by atoms with Crippen LogP contribution in [-0.4, -0.2) is 143 Å². The number of hydrogen-bond donors (Lipinski definition) is 6. The number of carbonyl (C=O) groups excluding carboxylic acids is 3. The average molecular weight is 1200 g/mol. The molecule has 0 spiro atoms. The molecule has 3 saturated heterocycles. The number of aliphatic imine (C=N–C) groups is 1. The Morgan fingerprint density at radius 1 is 0.551 bits per heavy atom. The molecule has 6 N–H and O–H groups in total. The Labute approximate surface area is 519 Å². The van der Waals surface area contributed by atoms with Crippen molar-refractivity contribution in [3.05, 3.63) is 185 Å². The number of piperazine rings is 3. The molecular formula is C70H76N12O7. The minimum absolute atomic E-state index is 0.100. The van der Waals surface area contributed by atoms with Crippen molar-refractivity contribution in [1.29, 1.82) is 0 Å². The molecule has 7 aromatic carbocycles. The summed E-state index contributed by atoms with van der Waals surface area (Å²) in [5.41, 5.74) is 9.66. The van der Waals surface area contributed by atoms with Crippen molar-refractivity contribution in [2.45, 2.75) is 57.5 Å². The van der Waals surface area contributed by atoms with Gasteiger partial charge in [0.05, 0.1) is 34.9 Å². The van der Waals surface area contributed by atoms with Gasteiger partial charge < -0.3 is 65.5 Å². The third-order valence-electron chi connectivity index (χ3n) is 18.1. The van der Waals surface area contributed by atoms with E-state index in [1.54, 1.807) is 0 Å². The van der Waals surface area contributed by atoms with E-state index < -0.39 is 0 Å². The standard InChI is InChI=1S/C70H76N12O7/c1-2-86-41-30-72-68(83)47-23-26-61-55(42-47)76-66(80-31-28-71-29-32-80)52-17-10-19-57(63(52)88-61)79-35-39-82(40-36-79)67-53-18-11-20-58(64(53)89-62-27-24-49(44-56(62)77-67)70(85)74-50-14-6-7-15-50)78-33-37-81(38-34-78)65-51-16-8-9-21-59(51)87-60-25-22-48(43-54(60)75-65)69(84)73-45-46-12-4-3-5-13-46/h3-5,8-13,16-27,42-44,50,65-66,71,75-76H,2,6-7,14-15,28-41,45H2,1H3,(H,72,83)(H,73,84)(H,74,85). The Morgan fingerprint density at radius 3 is 1.87 bits per heavy atom. The van der Waals surface area contributed by atoms with Crippen LogP contribution >= 0.6 is 0 Å². The lowest BCUT2D eigenvalue weighted by atomic mass is 10.1. The number of benzene rings is 7. The molecular weight excluding hydrogens is 1120 g/mol. The highest BCUT2D eigenvalue weighted by molar-refractivity contribution is 6.06. The number of ether oxygens (including phenoxy) is 4. The van der Waals surface area contributed by atoms with Gasteiger partial charge in [0.15, 0.2) is 28.7 Å². The molecule has 1 saturated carbocycles. The first-order valence-corrected chi connectivity index (χ1v) is 31.6. The Balaban J connectivity index is 0.733. The van der Waals surface area contributed by atoms with Crippen molar-refractivity contribution in [3.8, 4) is 34.5 Å². The van der Waals surface area contributed by atoms with Crippen molar-refractivity contribution in [2.24, 2.45) is 4.99 Å². The van der Waals surface area contributed by atoms with Gasteiger partial charge >= 0.3 is 0 Å². The number of amidine groups is 1. The van der Waals surface area contributed by atoms with Gasteiger partial charge in [-0.1, -0.05) is 79.6 Å². The van der Waals surface area contributed by atoms with Crippen LogP contribution in [0, 0.1) is 0 Å². The molecule has 19 heteroatoms. The van der Waals surface area contributed by atoms with Crippen molar-refractivity contribution >= 4 is 52.0 Å². The normalized spacial score (nSPS) is 19.0. The van der Waals surface area contributed by atoms with Crippen LogP contribution in [0.5, 0.6) is 34.5 Å². The summed E-state index contributed by atoms with van der Waals surface area (Å²) in [6, 6.07) is 47.9. The highest BCUT2D eigenvalue weighted by atomic mass is 16.5. The Bertz CT molecular complexity index is 3780. The van der Waals surface area contributed by atoms with Crippen LogP contribution in [0.4, 0.5) is 28.4 Å². The maximum Gasteiger partial charge on any atom is 0.251 e. The lowest BCUT2D eigenvalue weighted by molar-refractivity contribution is 0.0919. The number of nitrogens with zero attached hydrogens (tertiary/aromatic N) is 6. The number of para-hydroxylation sites is 3. The smallest absolute Gasteiger partial charge is 0.251 e. The summed E-state index contributed by atoms with van der Waals surface area (Å²) >= 11 is 0. The van der Waals surface area contributed by atoms with Crippen molar-refractivity contribution in [1.82, 2.24) is 36.0 Å². The Kier molecular flexibility index (Phi) is 16.8. The minimum Gasteiger partial charge on any atom is -0.455 e. The fourth-order valence-electron chi connectivity index (χ4n) is 13.4. The lowest BCUT2D eigenvalue weighted by Crippen LogP contribution is -2.50. The van der Waals surface area contributed by atoms with E-state index in [1.165, 1.54) is 0 Å². The number of anilines is 4. The minimum atomic E-state index is -0.242. The highest BCUT2D eigenvalue weighted by Crippen LogP contribution is 2.49. The SMILES string of the molecule is CCOCCNC(=O)c1ccc2c(c1)NC(N1CCNCC1)c1cccc(N3CCN(C4=Nc5cc(C(=O)NC6CCCC6)ccc5Oc5c4cccc5N4CCN(C5Nc6cc(C(=O)NCc7ccccc7)ccc6Oc6ccccc65)CC4)CC3)c1O2. The van der Waals surface area contributed by atoms with Gasteiger partial charge in [-0.25, -0.2) is 4.99 Å². The summed E-state index contributed by atoms with van der Waals surface area (Å²) in [5, 5.41) is 20.5. The molecule has 0 radical (unpaired) electrons. The first kappa shape index (κ1) is 57.6. The molecule has 19 nitrogen and oxygen atoms in total. The zero-order valence-corrected chi connectivity index (χ0v) is 50.3. The van der Waals surface area contributed by atoms with E-state index in [1.807, 2.05) is 110 Å². The largest absolute Gasteiger partial charge is 0.455 e. The van der Waals surface area contributed by atoms with E-state index in [0.29, 0.717) is 118 Å². The van der Waals surface area contributed by atoms with E-state index in [0.717, 1.165) is 120 Å². The molecule has 89 heavy (non-hydrogen) atoms. The average Bonchev–Trinajstić information content (AvgIpc) is 2.19. The molecule has 4 fully saturated rings. The number of carbonyl (C=O) groups is 3. The zero-order chi connectivity index (χ0) is 60.2. The third kappa shape index (κ3) is 12.3. The number of amides is 3. The molecule has 3 amide bonds. The second kappa shape index (κ2) is 25.9. The van der Waals surface area contributed by atoms with Crippen molar-refractivity contribution < 1.29 is 33.3 Å². The van der Waals surface area contributed by atoms with Gasteiger partial charge in [-0.15, -0.1) is 0 Å². The van der Waals surface area contributed by atoms with Gasteiger partial charge in [0.1, 0.15) is 29.6 Å². The van der Waals surface area contributed by atoms with Gasteiger partial charge in [0.2, 0.25) is 0 Å². The molecule has 458 valence electrons. The summed E-state index contributed by atoms with van der Waals surface area (Å²) in [6.07, 6.45) is 3.76. The van der Waals surface area contributed by atoms with Crippen LogP contribution in [0.25, 0.3) is 0 Å². The Morgan fingerprint density at radius 2 is 1.13 bits per heavy atom. The van der Waals surface area contributed by atoms with Gasteiger partial charge in [0, 0.05) is 132 Å². The lowest BCUT2D eigenvalue weighted by Gasteiger charge is -2.41. The van der Waals surface area contributed by atoms with E-state index in [4.69, 9.17) is 23.9 Å². The summed E-state index contributed by atoms with van der Waals surface area (Å²) in [5.74, 6) is 4.54. The summed E-state index contributed by atoms with van der Waals surface area (Å²) < 4.78 is 26.2. The molecule has 7 aliphatic rings. The summed E-state index contributed by atoms with van der Waals surface area (Å²) in [4.78, 5) is 58.4. The predicted octanol–water partition coefficient (Wildman–Crippen LogP) is 10.2.